The molecule has 3 rings (SSSR count). The molecule has 0 bridgehead atoms. The van der Waals surface area contributed by atoms with Gasteiger partial charge in [-0.3, -0.25) is 0 Å². The van der Waals surface area contributed by atoms with Crippen LogP contribution in [0.2, 0.25) is 0 Å². The van der Waals surface area contributed by atoms with E-state index >= 15 is 0 Å². The molecule has 0 radical (unpaired) electrons. The van der Waals surface area contributed by atoms with E-state index < -0.39 is 0 Å². The van der Waals surface area contributed by atoms with Crippen LogP contribution in [0.5, 0.6) is 0 Å². The zero-order valence-corrected chi connectivity index (χ0v) is 14.0. The van der Waals surface area contributed by atoms with Crippen LogP contribution >= 0.6 is 0 Å². The van der Waals surface area contributed by atoms with Crippen molar-refractivity contribution in [2.45, 2.75) is 71.9 Å². The summed E-state index contributed by atoms with van der Waals surface area (Å²) in [5.74, 6) is 1.14. The van der Waals surface area contributed by atoms with Gasteiger partial charge in [-0.25, -0.2) is 0 Å². The molecule has 0 unspecified atom stereocenters. The van der Waals surface area contributed by atoms with Crippen molar-refractivity contribution in [2.24, 2.45) is 0 Å². The fraction of sp³-hybridized carbons (Fsp3) is 0.579. The Bertz CT molecular complexity index is 656. The van der Waals surface area contributed by atoms with E-state index in [0.717, 1.165) is 24.3 Å². The van der Waals surface area contributed by atoms with Crippen LogP contribution in [0.4, 0.5) is 0 Å². The maximum atomic E-state index is 6.34. The minimum absolute atomic E-state index is 0.107. The van der Waals surface area contributed by atoms with E-state index in [1.54, 1.807) is 0 Å². The Morgan fingerprint density at radius 1 is 1.24 bits per heavy atom. The molecule has 21 heavy (non-hydrogen) atoms. The Kier molecular flexibility index (Phi) is 3.61. The van der Waals surface area contributed by atoms with Gasteiger partial charge in [-0.05, 0) is 37.2 Å². The second-order valence-electron chi connectivity index (χ2n) is 7.40. The SMILES string of the molecule is CCc1c(CNC2CC2)oc2c(C(C)(C)C)ccc(C)c12. The Morgan fingerprint density at radius 2 is 1.95 bits per heavy atom. The van der Waals surface area contributed by atoms with E-state index in [2.05, 4.69) is 52.1 Å². The number of hydrogen-bond donors (Lipinski definition) is 1. The summed E-state index contributed by atoms with van der Waals surface area (Å²) >= 11 is 0. The van der Waals surface area contributed by atoms with Crippen LogP contribution in [-0.4, -0.2) is 6.04 Å². The quantitative estimate of drug-likeness (QED) is 0.868. The van der Waals surface area contributed by atoms with Crippen LogP contribution in [0.3, 0.4) is 0 Å². The summed E-state index contributed by atoms with van der Waals surface area (Å²) in [5.41, 5.74) is 5.25. The first-order chi connectivity index (χ1) is 9.91. The molecule has 1 fully saturated rings. The molecule has 114 valence electrons. The predicted molar refractivity (Wildman–Crippen MR) is 88.9 cm³/mol. The standard InChI is InChI=1S/C19H27NO/c1-6-14-16(11-20-13-8-9-13)21-18-15(19(3,4)5)10-7-12(2)17(14)18/h7,10,13,20H,6,8-9,11H2,1-5H3. The third kappa shape index (κ3) is 2.74. The highest BCUT2D eigenvalue weighted by molar-refractivity contribution is 5.89. The van der Waals surface area contributed by atoms with Crippen LogP contribution in [0.15, 0.2) is 16.5 Å². The van der Waals surface area contributed by atoms with Crippen LogP contribution < -0.4 is 5.32 Å². The molecular formula is C19H27NO. The summed E-state index contributed by atoms with van der Waals surface area (Å²) in [7, 11) is 0. The van der Waals surface area contributed by atoms with Gasteiger partial charge in [0.1, 0.15) is 11.3 Å². The number of aryl methyl sites for hydroxylation is 2. The third-order valence-electron chi connectivity index (χ3n) is 4.52. The fourth-order valence-electron chi connectivity index (χ4n) is 3.12. The molecule has 1 aromatic carbocycles. The van der Waals surface area contributed by atoms with E-state index in [1.165, 1.54) is 34.9 Å². The van der Waals surface area contributed by atoms with Crippen molar-refractivity contribution in [1.82, 2.24) is 5.32 Å². The summed E-state index contributed by atoms with van der Waals surface area (Å²) in [5, 5.41) is 4.94. The molecule has 0 aliphatic heterocycles. The number of nitrogens with one attached hydrogen (secondary N) is 1. The van der Waals surface area contributed by atoms with Gasteiger partial charge >= 0.3 is 0 Å². The third-order valence-corrected chi connectivity index (χ3v) is 4.52. The van der Waals surface area contributed by atoms with E-state index in [1.807, 2.05) is 0 Å². The lowest BCUT2D eigenvalue weighted by molar-refractivity contribution is 0.495. The second-order valence-corrected chi connectivity index (χ2v) is 7.40. The van der Waals surface area contributed by atoms with Gasteiger partial charge in [-0.15, -0.1) is 0 Å². The maximum absolute atomic E-state index is 6.34. The zero-order valence-electron chi connectivity index (χ0n) is 14.0. The van der Waals surface area contributed by atoms with Crippen molar-refractivity contribution in [3.05, 3.63) is 34.6 Å². The Hall–Kier alpha value is -1.28. The number of furan rings is 1. The normalized spacial score (nSPS) is 15.9. The topological polar surface area (TPSA) is 25.2 Å². The minimum atomic E-state index is 0.107. The average molecular weight is 285 g/mol. The monoisotopic (exact) mass is 285 g/mol. The molecule has 2 nitrogen and oxygen atoms in total. The van der Waals surface area contributed by atoms with Gasteiger partial charge in [0.2, 0.25) is 0 Å². The molecule has 2 aromatic rings. The van der Waals surface area contributed by atoms with Crippen molar-refractivity contribution < 1.29 is 4.42 Å². The molecule has 0 amide bonds. The number of hydrogen-bond acceptors (Lipinski definition) is 2. The lowest BCUT2D eigenvalue weighted by atomic mass is 9.85. The van der Waals surface area contributed by atoms with Crippen molar-refractivity contribution in [3.63, 3.8) is 0 Å². The molecule has 0 saturated heterocycles. The zero-order chi connectivity index (χ0) is 15.2. The van der Waals surface area contributed by atoms with Gasteiger partial charge in [-0.1, -0.05) is 39.8 Å². The summed E-state index contributed by atoms with van der Waals surface area (Å²) in [4.78, 5) is 0. The van der Waals surface area contributed by atoms with Gasteiger partial charge in [0, 0.05) is 22.6 Å². The number of rotatable bonds is 4. The maximum Gasteiger partial charge on any atom is 0.138 e. The van der Waals surface area contributed by atoms with Crippen LogP contribution in [0, 0.1) is 6.92 Å². The lowest BCUT2D eigenvalue weighted by Crippen LogP contribution is -2.15. The molecule has 0 spiro atoms. The molecule has 0 atom stereocenters. The summed E-state index contributed by atoms with van der Waals surface area (Å²) < 4.78 is 6.34. The first-order valence-corrected chi connectivity index (χ1v) is 8.19. The summed E-state index contributed by atoms with van der Waals surface area (Å²) in [6.07, 6.45) is 3.66. The van der Waals surface area contributed by atoms with E-state index in [9.17, 15) is 0 Å². The molecule has 1 heterocycles. The van der Waals surface area contributed by atoms with E-state index in [0.29, 0.717) is 6.04 Å². The van der Waals surface area contributed by atoms with Crippen LogP contribution in [-0.2, 0) is 18.4 Å². The first-order valence-electron chi connectivity index (χ1n) is 8.19. The number of fused-ring (bicyclic) bond motifs is 1. The van der Waals surface area contributed by atoms with Crippen molar-refractivity contribution in [1.29, 1.82) is 0 Å². The Morgan fingerprint density at radius 3 is 2.52 bits per heavy atom. The van der Waals surface area contributed by atoms with E-state index in [4.69, 9.17) is 4.42 Å². The lowest BCUT2D eigenvalue weighted by Gasteiger charge is -2.19. The first kappa shape index (κ1) is 14.6. The fourth-order valence-corrected chi connectivity index (χ4v) is 3.12. The van der Waals surface area contributed by atoms with Crippen LogP contribution in [0.1, 0.15) is 63.0 Å². The molecule has 1 aliphatic rings. The molecular weight excluding hydrogens is 258 g/mol. The van der Waals surface area contributed by atoms with Gasteiger partial charge in [0.05, 0.1) is 6.54 Å². The minimum Gasteiger partial charge on any atom is -0.459 e. The second kappa shape index (κ2) is 5.17. The Labute approximate surface area is 127 Å². The highest BCUT2D eigenvalue weighted by Crippen LogP contribution is 2.37. The van der Waals surface area contributed by atoms with Crippen LogP contribution in [0.25, 0.3) is 11.0 Å². The van der Waals surface area contributed by atoms with Crippen molar-refractivity contribution in [2.75, 3.05) is 0 Å². The van der Waals surface area contributed by atoms with Gasteiger partial charge < -0.3 is 9.73 Å². The highest BCUT2D eigenvalue weighted by Gasteiger charge is 2.25. The largest absolute Gasteiger partial charge is 0.459 e. The smallest absolute Gasteiger partial charge is 0.138 e. The number of benzene rings is 1. The van der Waals surface area contributed by atoms with Crippen molar-refractivity contribution in [3.8, 4) is 0 Å². The Balaban J connectivity index is 2.13. The predicted octanol–water partition coefficient (Wildman–Crippen LogP) is 4.85. The highest BCUT2D eigenvalue weighted by atomic mass is 16.3. The van der Waals surface area contributed by atoms with Gasteiger partial charge in [0.15, 0.2) is 0 Å². The summed E-state index contributed by atoms with van der Waals surface area (Å²) in [6, 6.07) is 5.19. The van der Waals surface area contributed by atoms with E-state index in [-0.39, 0.29) is 5.41 Å². The average Bonchev–Trinajstić information content (AvgIpc) is 3.15. The van der Waals surface area contributed by atoms with Gasteiger partial charge in [0.25, 0.3) is 0 Å². The molecule has 1 aliphatic carbocycles. The molecule has 1 saturated carbocycles. The van der Waals surface area contributed by atoms with Gasteiger partial charge in [-0.2, -0.15) is 0 Å². The molecule has 2 heteroatoms. The molecule has 1 N–H and O–H groups in total. The van der Waals surface area contributed by atoms with Crippen molar-refractivity contribution >= 4 is 11.0 Å². The summed E-state index contributed by atoms with van der Waals surface area (Å²) in [6.45, 7) is 12.1. The molecule has 1 aromatic heterocycles.